The molecule has 0 aliphatic heterocycles. The van der Waals surface area contributed by atoms with E-state index < -0.39 is 0 Å². The summed E-state index contributed by atoms with van der Waals surface area (Å²) in [6, 6.07) is 0. The van der Waals surface area contributed by atoms with E-state index in [0.29, 0.717) is 12.4 Å². The molecule has 5 heteroatoms. The standard InChI is InChI=1S/C3H4IN3O/c4-5-1-3-7-6-2-8-3/h2,5H,1H2. The Hall–Kier alpha value is -0.170. The maximum Gasteiger partial charge on any atom is 0.230 e. The third-order valence-electron chi connectivity index (χ3n) is 0.623. The Morgan fingerprint density at radius 1 is 1.88 bits per heavy atom. The zero-order valence-corrected chi connectivity index (χ0v) is 6.12. The van der Waals surface area contributed by atoms with E-state index in [2.05, 4.69) is 13.7 Å². The molecule has 0 aliphatic rings. The van der Waals surface area contributed by atoms with Gasteiger partial charge < -0.3 is 4.42 Å². The molecule has 0 amide bonds. The summed E-state index contributed by atoms with van der Waals surface area (Å²) in [6.07, 6.45) is 1.31. The number of hydrogen-bond acceptors (Lipinski definition) is 4. The Morgan fingerprint density at radius 2 is 2.75 bits per heavy atom. The molecular formula is C3H4IN3O. The monoisotopic (exact) mass is 225 g/mol. The van der Waals surface area contributed by atoms with Crippen molar-refractivity contribution in [2.24, 2.45) is 0 Å². The fraction of sp³-hybridized carbons (Fsp3) is 0.333. The summed E-state index contributed by atoms with van der Waals surface area (Å²) < 4.78 is 7.63. The molecule has 0 atom stereocenters. The predicted octanol–water partition coefficient (Wildman–Crippen LogP) is 0.509. The van der Waals surface area contributed by atoms with Gasteiger partial charge in [0.25, 0.3) is 0 Å². The van der Waals surface area contributed by atoms with Gasteiger partial charge in [0.15, 0.2) is 0 Å². The SMILES string of the molecule is INCc1nnco1. The Balaban J connectivity index is 2.50. The average molecular weight is 225 g/mol. The van der Waals surface area contributed by atoms with Gasteiger partial charge in [-0.15, -0.1) is 10.2 Å². The van der Waals surface area contributed by atoms with Crippen molar-refractivity contribution in [1.29, 1.82) is 0 Å². The molecular weight excluding hydrogens is 221 g/mol. The summed E-state index contributed by atoms with van der Waals surface area (Å²) in [5.41, 5.74) is 0. The molecule has 0 saturated carbocycles. The summed E-state index contributed by atoms with van der Waals surface area (Å²) >= 11 is 2.01. The van der Waals surface area contributed by atoms with E-state index in [1.165, 1.54) is 6.39 Å². The lowest BCUT2D eigenvalue weighted by Crippen LogP contribution is -1.96. The molecule has 1 aromatic heterocycles. The molecule has 1 N–H and O–H groups in total. The topological polar surface area (TPSA) is 51.0 Å². The first-order valence-electron chi connectivity index (χ1n) is 2.02. The summed E-state index contributed by atoms with van der Waals surface area (Å²) in [6.45, 7) is 0.626. The van der Waals surface area contributed by atoms with Crippen LogP contribution in [0.3, 0.4) is 0 Å². The second-order valence-electron chi connectivity index (χ2n) is 1.14. The van der Waals surface area contributed by atoms with Crippen LogP contribution in [0.5, 0.6) is 0 Å². The first kappa shape index (κ1) is 5.96. The second-order valence-corrected chi connectivity index (χ2v) is 1.91. The van der Waals surface area contributed by atoms with Crippen LogP contribution in [-0.4, -0.2) is 10.2 Å². The van der Waals surface area contributed by atoms with Crippen LogP contribution >= 0.6 is 22.9 Å². The number of aromatic nitrogens is 2. The third-order valence-corrected chi connectivity index (χ3v) is 1.00. The van der Waals surface area contributed by atoms with Crippen molar-refractivity contribution < 1.29 is 4.42 Å². The van der Waals surface area contributed by atoms with E-state index >= 15 is 0 Å². The Kier molecular flexibility index (Phi) is 2.22. The van der Waals surface area contributed by atoms with Crippen LogP contribution in [0.2, 0.25) is 0 Å². The largest absolute Gasteiger partial charge is 0.427 e. The molecule has 44 valence electrons. The van der Waals surface area contributed by atoms with Gasteiger partial charge in [0, 0.05) is 22.9 Å². The third kappa shape index (κ3) is 1.41. The summed E-state index contributed by atoms with van der Waals surface area (Å²) in [5.74, 6) is 0.611. The number of hydrogen-bond donors (Lipinski definition) is 1. The van der Waals surface area contributed by atoms with Crippen LogP contribution in [0.1, 0.15) is 5.89 Å². The Labute approximate surface area is 60.2 Å². The van der Waals surface area contributed by atoms with E-state index in [4.69, 9.17) is 4.42 Å². The van der Waals surface area contributed by atoms with E-state index in [9.17, 15) is 0 Å². The highest BCUT2D eigenvalue weighted by molar-refractivity contribution is 14.1. The zero-order chi connectivity index (χ0) is 5.82. The first-order valence-corrected chi connectivity index (χ1v) is 3.10. The molecule has 8 heavy (non-hydrogen) atoms. The molecule has 4 nitrogen and oxygen atoms in total. The van der Waals surface area contributed by atoms with Gasteiger partial charge in [0.1, 0.15) is 0 Å². The van der Waals surface area contributed by atoms with Gasteiger partial charge in [0.05, 0.1) is 6.54 Å². The maximum atomic E-state index is 4.78. The van der Waals surface area contributed by atoms with Crippen LogP contribution in [-0.2, 0) is 6.54 Å². The highest BCUT2D eigenvalue weighted by Gasteiger charge is 1.92. The van der Waals surface area contributed by atoms with E-state index in [1.54, 1.807) is 0 Å². The number of halogens is 1. The van der Waals surface area contributed by atoms with E-state index in [0.717, 1.165) is 0 Å². The first-order chi connectivity index (χ1) is 3.93. The molecule has 0 aromatic carbocycles. The molecule has 0 radical (unpaired) electrons. The molecule has 0 fully saturated rings. The quantitative estimate of drug-likeness (QED) is 0.588. The lowest BCUT2D eigenvalue weighted by atomic mass is 10.7. The molecule has 0 spiro atoms. The van der Waals surface area contributed by atoms with Crippen molar-refractivity contribution in [1.82, 2.24) is 13.7 Å². The van der Waals surface area contributed by atoms with Gasteiger partial charge in [-0.05, 0) is 0 Å². The highest BCUT2D eigenvalue weighted by atomic mass is 127. The molecule has 0 saturated heterocycles. The minimum Gasteiger partial charge on any atom is -0.427 e. The fourth-order valence-corrected chi connectivity index (χ4v) is 0.656. The normalized spacial score (nSPS) is 9.62. The maximum absolute atomic E-state index is 4.78. The lowest BCUT2D eigenvalue weighted by molar-refractivity contribution is 0.492. The van der Waals surface area contributed by atoms with Crippen molar-refractivity contribution in [3.05, 3.63) is 12.3 Å². The number of nitrogens with one attached hydrogen (secondary N) is 1. The van der Waals surface area contributed by atoms with Gasteiger partial charge in [-0.2, -0.15) is 0 Å². The minimum atomic E-state index is 0.611. The average Bonchev–Trinajstić information content (AvgIpc) is 2.19. The van der Waals surface area contributed by atoms with Crippen molar-refractivity contribution in [3.63, 3.8) is 0 Å². The van der Waals surface area contributed by atoms with E-state index in [-0.39, 0.29) is 0 Å². The van der Waals surface area contributed by atoms with Gasteiger partial charge in [-0.3, -0.25) is 3.53 Å². The highest BCUT2D eigenvalue weighted by Crippen LogP contribution is 1.89. The van der Waals surface area contributed by atoms with Crippen molar-refractivity contribution >= 4 is 22.9 Å². The van der Waals surface area contributed by atoms with Crippen LogP contribution < -0.4 is 3.53 Å². The predicted molar refractivity (Wildman–Crippen MR) is 35.2 cm³/mol. The molecule has 1 aromatic rings. The summed E-state index contributed by atoms with van der Waals surface area (Å²) in [7, 11) is 0. The van der Waals surface area contributed by atoms with E-state index in [1.807, 2.05) is 22.9 Å². The van der Waals surface area contributed by atoms with Crippen molar-refractivity contribution in [2.75, 3.05) is 0 Å². The van der Waals surface area contributed by atoms with Gasteiger partial charge >= 0.3 is 0 Å². The van der Waals surface area contributed by atoms with Crippen molar-refractivity contribution in [2.45, 2.75) is 6.54 Å². The smallest absolute Gasteiger partial charge is 0.230 e. The van der Waals surface area contributed by atoms with Crippen molar-refractivity contribution in [3.8, 4) is 0 Å². The molecule has 0 aliphatic carbocycles. The Bertz CT molecular complexity index is 140. The Morgan fingerprint density at radius 3 is 3.25 bits per heavy atom. The molecule has 1 heterocycles. The number of nitrogens with zero attached hydrogens (tertiary/aromatic N) is 2. The van der Waals surface area contributed by atoms with Gasteiger partial charge in [-0.1, -0.05) is 0 Å². The van der Waals surface area contributed by atoms with Gasteiger partial charge in [0.2, 0.25) is 12.3 Å². The fourth-order valence-electron chi connectivity index (χ4n) is 0.330. The molecule has 0 unspecified atom stereocenters. The van der Waals surface area contributed by atoms with Crippen LogP contribution in [0.15, 0.2) is 10.8 Å². The molecule has 1 rings (SSSR count). The summed E-state index contributed by atoms with van der Waals surface area (Å²) in [5, 5.41) is 7.10. The second kappa shape index (κ2) is 2.98. The lowest BCUT2D eigenvalue weighted by Gasteiger charge is -1.83. The van der Waals surface area contributed by atoms with Crippen LogP contribution in [0, 0.1) is 0 Å². The minimum absolute atomic E-state index is 0.611. The summed E-state index contributed by atoms with van der Waals surface area (Å²) in [4.78, 5) is 0. The van der Waals surface area contributed by atoms with Crippen LogP contribution in [0.4, 0.5) is 0 Å². The van der Waals surface area contributed by atoms with Crippen LogP contribution in [0.25, 0.3) is 0 Å². The van der Waals surface area contributed by atoms with Gasteiger partial charge in [-0.25, -0.2) is 0 Å². The molecule has 0 bridgehead atoms. The zero-order valence-electron chi connectivity index (χ0n) is 3.97. The number of rotatable bonds is 2.